The van der Waals surface area contributed by atoms with Crippen molar-refractivity contribution >= 4 is 16.6 Å². The molecule has 4 nitrogen and oxygen atoms in total. The highest BCUT2D eigenvalue weighted by atomic mass is 15.3. The molecule has 0 amide bonds. The molecule has 1 fully saturated rings. The van der Waals surface area contributed by atoms with Gasteiger partial charge in [-0.05, 0) is 44.4 Å². The number of rotatable bonds is 4. The molecule has 2 heterocycles. The minimum Gasteiger partial charge on any atom is -0.379 e. The van der Waals surface area contributed by atoms with E-state index in [1.807, 2.05) is 6.07 Å². The van der Waals surface area contributed by atoms with Crippen LogP contribution in [0.1, 0.15) is 48.7 Å². The number of aryl methyl sites for hydroxylation is 1. The number of nitrogens with one attached hydrogen (secondary N) is 1. The first kappa shape index (κ1) is 15.2. The van der Waals surface area contributed by atoms with Crippen molar-refractivity contribution in [3.63, 3.8) is 0 Å². The van der Waals surface area contributed by atoms with Gasteiger partial charge < -0.3 is 5.32 Å². The molecule has 0 atom stereocenters. The molecule has 0 bridgehead atoms. The van der Waals surface area contributed by atoms with Gasteiger partial charge in [0.25, 0.3) is 0 Å². The number of pyridine rings is 1. The summed E-state index contributed by atoms with van der Waals surface area (Å²) in [5, 5.41) is 9.56. The molecule has 4 heteroatoms. The first-order chi connectivity index (χ1) is 11.7. The van der Waals surface area contributed by atoms with Gasteiger partial charge in [0.2, 0.25) is 0 Å². The molecule has 0 radical (unpaired) electrons. The average molecular weight is 320 g/mol. The fourth-order valence-electron chi connectivity index (χ4n) is 3.68. The van der Waals surface area contributed by atoms with Crippen LogP contribution in [0, 0.1) is 13.8 Å². The Kier molecular flexibility index (Phi) is 3.97. The van der Waals surface area contributed by atoms with Gasteiger partial charge in [-0.25, -0.2) is 0 Å². The number of hydrogen-bond donors (Lipinski definition) is 1. The Balaban J connectivity index is 1.57. The average Bonchev–Trinajstić information content (AvgIpc) is 3.26. The second-order valence-corrected chi connectivity index (χ2v) is 6.79. The van der Waals surface area contributed by atoms with Gasteiger partial charge in [-0.1, -0.05) is 31.0 Å². The minimum absolute atomic E-state index is 0.601. The number of hydrogen-bond acceptors (Lipinski definition) is 3. The summed E-state index contributed by atoms with van der Waals surface area (Å²) in [7, 11) is 0. The number of anilines is 1. The monoisotopic (exact) mass is 320 g/mol. The van der Waals surface area contributed by atoms with Gasteiger partial charge in [0.15, 0.2) is 0 Å². The van der Waals surface area contributed by atoms with Crippen molar-refractivity contribution < 1.29 is 0 Å². The number of benzene rings is 1. The summed E-state index contributed by atoms with van der Waals surface area (Å²) in [4.78, 5) is 4.69. The lowest BCUT2D eigenvalue weighted by molar-refractivity contribution is 0.463. The number of fused-ring (bicyclic) bond motifs is 1. The summed E-state index contributed by atoms with van der Waals surface area (Å²) < 4.78 is 2.16. The maximum Gasteiger partial charge on any atom is 0.0815 e. The second kappa shape index (κ2) is 6.27. The normalized spacial score (nSPS) is 15.2. The van der Waals surface area contributed by atoms with Crippen LogP contribution in [0.15, 0.2) is 36.5 Å². The van der Waals surface area contributed by atoms with Gasteiger partial charge in [0.1, 0.15) is 0 Å². The molecule has 1 saturated carbocycles. The van der Waals surface area contributed by atoms with Crippen molar-refractivity contribution in [3.05, 3.63) is 53.5 Å². The van der Waals surface area contributed by atoms with E-state index in [0.29, 0.717) is 6.04 Å². The standard InChI is InChI=1S/C20H24N4/c1-14-15(2)22-19-10-6-5-9-18(19)20(14)21-13-16-11-12-24(23-16)17-7-3-4-8-17/h5-6,9-12,17H,3-4,7-8,13H2,1-2H3,(H,21,22). The molecule has 1 aliphatic rings. The quantitative estimate of drug-likeness (QED) is 0.752. The molecule has 0 spiro atoms. The van der Waals surface area contributed by atoms with Crippen LogP contribution in [0.25, 0.3) is 10.9 Å². The first-order valence-corrected chi connectivity index (χ1v) is 8.86. The van der Waals surface area contributed by atoms with Crippen LogP contribution in [-0.2, 0) is 6.54 Å². The molecule has 0 unspecified atom stereocenters. The Morgan fingerprint density at radius 2 is 1.92 bits per heavy atom. The van der Waals surface area contributed by atoms with Crippen LogP contribution in [0.2, 0.25) is 0 Å². The molecule has 2 aromatic heterocycles. The van der Waals surface area contributed by atoms with Gasteiger partial charge in [0.05, 0.1) is 23.8 Å². The van der Waals surface area contributed by atoms with Gasteiger partial charge in [-0.15, -0.1) is 0 Å². The Bertz CT molecular complexity index is 859. The van der Waals surface area contributed by atoms with Crippen LogP contribution in [0.5, 0.6) is 0 Å². The molecule has 4 rings (SSSR count). The van der Waals surface area contributed by atoms with Gasteiger partial charge in [-0.2, -0.15) is 5.10 Å². The van der Waals surface area contributed by atoms with E-state index in [9.17, 15) is 0 Å². The van der Waals surface area contributed by atoms with Gasteiger partial charge >= 0.3 is 0 Å². The fraction of sp³-hybridized carbons (Fsp3) is 0.400. The van der Waals surface area contributed by atoms with Gasteiger partial charge in [-0.3, -0.25) is 9.67 Å². The molecule has 124 valence electrons. The molecule has 24 heavy (non-hydrogen) atoms. The lowest BCUT2D eigenvalue weighted by Crippen LogP contribution is -2.08. The molecule has 1 aliphatic carbocycles. The minimum atomic E-state index is 0.601. The molecule has 0 aliphatic heterocycles. The Morgan fingerprint density at radius 3 is 2.75 bits per heavy atom. The van der Waals surface area contributed by atoms with Crippen LogP contribution < -0.4 is 5.32 Å². The van der Waals surface area contributed by atoms with Crippen molar-refractivity contribution in [1.29, 1.82) is 0 Å². The number of para-hydroxylation sites is 1. The van der Waals surface area contributed by atoms with E-state index < -0.39 is 0 Å². The highest BCUT2D eigenvalue weighted by molar-refractivity contribution is 5.93. The van der Waals surface area contributed by atoms with E-state index in [-0.39, 0.29) is 0 Å². The number of aromatic nitrogens is 3. The molecular weight excluding hydrogens is 296 g/mol. The van der Waals surface area contributed by atoms with Crippen LogP contribution in [-0.4, -0.2) is 14.8 Å². The van der Waals surface area contributed by atoms with E-state index in [4.69, 9.17) is 5.10 Å². The Hall–Kier alpha value is -2.36. The van der Waals surface area contributed by atoms with Crippen molar-refractivity contribution in [3.8, 4) is 0 Å². The lowest BCUT2D eigenvalue weighted by Gasteiger charge is -2.14. The third-order valence-electron chi connectivity index (χ3n) is 5.19. The number of nitrogens with zero attached hydrogens (tertiary/aromatic N) is 3. The zero-order valence-corrected chi connectivity index (χ0v) is 14.4. The van der Waals surface area contributed by atoms with E-state index >= 15 is 0 Å². The highest BCUT2D eigenvalue weighted by Crippen LogP contribution is 2.30. The van der Waals surface area contributed by atoms with Crippen LogP contribution in [0.3, 0.4) is 0 Å². The van der Waals surface area contributed by atoms with E-state index in [1.165, 1.54) is 42.3 Å². The van der Waals surface area contributed by atoms with E-state index in [1.54, 1.807) is 0 Å². The fourth-order valence-corrected chi connectivity index (χ4v) is 3.68. The van der Waals surface area contributed by atoms with Crippen LogP contribution >= 0.6 is 0 Å². The van der Waals surface area contributed by atoms with Gasteiger partial charge in [0, 0.05) is 23.0 Å². The molecule has 1 N–H and O–H groups in total. The topological polar surface area (TPSA) is 42.7 Å². The largest absolute Gasteiger partial charge is 0.379 e. The van der Waals surface area contributed by atoms with Crippen molar-refractivity contribution in [2.45, 2.75) is 52.1 Å². The Morgan fingerprint density at radius 1 is 1.12 bits per heavy atom. The maximum absolute atomic E-state index is 4.78. The summed E-state index contributed by atoms with van der Waals surface area (Å²) >= 11 is 0. The summed E-state index contributed by atoms with van der Waals surface area (Å²) in [5.41, 5.74) is 5.60. The third-order valence-corrected chi connectivity index (χ3v) is 5.19. The van der Waals surface area contributed by atoms with Crippen molar-refractivity contribution in [2.24, 2.45) is 0 Å². The summed E-state index contributed by atoms with van der Waals surface area (Å²) in [6.45, 7) is 4.95. The van der Waals surface area contributed by atoms with Crippen molar-refractivity contribution in [2.75, 3.05) is 5.32 Å². The summed E-state index contributed by atoms with van der Waals surface area (Å²) in [6.07, 6.45) is 7.33. The van der Waals surface area contributed by atoms with E-state index in [0.717, 1.165) is 23.4 Å². The molecule has 3 aromatic rings. The first-order valence-electron chi connectivity index (χ1n) is 8.86. The lowest BCUT2D eigenvalue weighted by atomic mass is 10.1. The SMILES string of the molecule is Cc1nc2ccccc2c(NCc2ccn(C3CCCC3)n2)c1C. The molecule has 0 saturated heterocycles. The summed E-state index contributed by atoms with van der Waals surface area (Å²) in [6, 6.07) is 11.0. The highest BCUT2D eigenvalue weighted by Gasteiger charge is 2.17. The molecular formula is C20H24N4. The maximum atomic E-state index is 4.78. The van der Waals surface area contributed by atoms with E-state index in [2.05, 4.69) is 59.3 Å². The zero-order valence-electron chi connectivity index (χ0n) is 14.4. The Labute approximate surface area is 142 Å². The van der Waals surface area contributed by atoms with Crippen molar-refractivity contribution in [1.82, 2.24) is 14.8 Å². The third kappa shape index (κ3) is 2.77. The zero-order chi connectivity index (χ0) is 16.5. The molecule has 1 aromatic carbocycles. The predicted molar refractivity (Wildman–Crippen MR) is 98.3 cm³/mol. The predicted octanol–water partition coefficient (Wildman–Crippen LogP) is 4.78. The smallest absolute Gasteiger partial charge is 0.0815 e. The second-order valence-electron chi connectivity index (χ2n) is 6.79. The van der Waals surface area contributed by atoms with Crippen LogP contribution in [0.4, 0.5) is 5.69 Å². The summed E-state index contributed by atoms with van der Waals surface area (Å²) in [5.74, 6) is 0.